The molecule has 1 fully saturated rings. The zero-order chi connectivity index (χ0) is 17.6. The van der Waals surface area contributed by atoms with Crippen LogP contribution in [0.25, 0.3) is 0 Å². The highest BCUT2D eigenvalue weighted by Gasteiger charge is 2.20. The van der Waals surface area contributed by atoms with Crippen LogP contribution in [0, 0.1) is 6.92 Å². The number of aryl methyl sites for hydroxylation is 1. The lowest BCUT2D eigenvalue weighted by molar-refractivity contribution is 0.211. The maximum absolute atomic E-state index is 6.07. The number of hydrogen-bond acceptors (Lipinski definition) is 5. The SMILES string of the molecule is CCCc1nc(N)c(C)c(NC2CCN(Cc3ccccc3)CC2)n1. The third kappa shape index (κ3) is 4.69. The normalized spacial score (nSPS) is 16.1. The van der Waals surface area contributed by atoms with E-state index in [1.54, 1.807) is 0 Å². The number of likely N-dealkylation sites (tertiary alicyclic amines) is 1. The average molecular weight is 339 g/mol. The van der Waals surface area contributed by atoms with Gasteiger partial charge in [0.2, 0.25) is 0 Å². The highest BCUT2D eigenvalue weighted by Crippen LogP contribution is 2.22. The lowest BCUT2D eigenvalue weighted by Gasteiger charge is -2.33. The second-order valence-corrected chi connectivity index (χ2v) is 6.93. The Morgan fingerprint density at radius 3 is 2.56 bits per heavy atom. The third-order valence-electron chi connectivity index (χ3n) is 4.88. The van der Waals surface area contributed by atoms with E-state index in [9.17, 15) is 0 Å². The number of hydrogen-bond donors (Lipinski definition) is 2. The van der Waals surface area contributed by atoms with E-state index in [4.69, 9.17) is 5.73 Å². The van der Waals surface area contributed by atoms with Gasteiger partial charge >= 0.3 is 0 Å². The summed E-state index contributed by atoms with van der Waals surface area (Å²) >= 11 is 0. The lowest BCUT2D eigenvalue weighted by Crippen LogP contribution is -2.39. The van der Waals surface area contributed by atoms with Crippen LogP contribution in [0.1, 0.15) is 43.1 Å². The molecule has 0 aliphatic carbocycles. The molecule has 3 N–H and O–H groups in total. The van der Waals surface area contributed by atoms with Gasteiger partial charge in [0, 0.05) is 37.7 Å². The number of benzene rings is 1. The smallest absolute Gasteiger partial charge is 0.134 e. The summed E-state index contributed by atoms with van der Waals surface area (Å²) in [5.41, 5.74) is 8.42. The van der Waals surface area contributed by atoms with Crippen molar-refractivity contribution < 1.29 is 0 Å². The molecule has 0 amide bonds. The first kappa shape index (κ1) is 17.7. The van der Waals surface area contributed by atoms with Gasteiger partial charge in [-0.2, -0.15) is 0 Å². The molecular weight excluding hydrogens is 310 g/mol. The molecular formula is C20H29N5. The van der Waals surface area contributed by atoms with Gasteiger partial charge < -0.3 is 11.1 Å². The van der Waals surface area contributed by atoms with E-state index >= 15 is 0 Å². The minimum absolute atomic E-state index is 0.453. The quantitative estimate of drug-likeness (QED) is 0.844. The Bertz CT molecular complexity index is 678. The Morgan fingerprint density at radius 1 is 1.16 bits per heavy atom. The first-order valence-electron chi connectivity index (χ1n) is 9.31. The Kier molecular flexibility index (Phi) is 5.87. The molecule has 2 heterocycles. The number of anilines is 2. The number of nitrogen functional groups attached to an aromatic ring is 1. The first-order chi connectivity index (χ1) is 12.2. The van der Waals surface area contributed by atoms with Crippen molar-refractivity contribution in [1.82, 2.24) is 14.9 Å². The molecule has 5 nitrogen and oxygen atoms in total. The number of nitrogens with one attached hydrogen (secondary N) is 1. The molecule has 0 radical (unpaired) electrons. The maximum Gasteiger partial charge on any atom is 0.134 e. The van der Waals surface area contributed by atoms with E-state index in [1.165, 1.54) is 5.56 Å². The molecule has 5 heteroatoms. The van der Waals surface area contributed by atoms with Gasteiger partial charge in [-0.3, -0.25) is 4.90 Å². The predicted molar refractivity (Wildman–Crippen MR) is 104 cm³/mol. The maximum atomic E-state index is 6.07. The summed E-state index contributed by atoms with van der Waals surface area (Å²) in [5, 5.41) is 3.62. The predicted octanol–water partition coefficient (Wildman–Crippen LogP) is 3.40. The Hall–Kier alpha value is -2.14. The number of rotatable bonds is 6. The number of nitrogens with two attached hydrogens (primary N) is 1. The van der Waals surface area contributed by atoms with Gasteiger partial charge in [-0.1, -0.05) is 37.3 Å². The summed E-state index contributed by atoms with van der Waals surface area (Å²) in [6.45, 7) is 7.38. The molecule has 0 atom stereocenters. The minimum Gasteiger partial charge on any atom is -0.383 e. The molecule has 1 saturated heterocycles. The van der Waals surface area contributed by atoms with Gasteiger partial charge in [0.1, 0.15) is 17.5 Å². The molecule has 3 rings (SSSR count). The first-order valence-corrected chi connectivity index (χ1v) is 9.31. The molecule has 0 spiro atoms. The second-order valence-electron chi connectivity index (χ2n) is 6.93. The Balaban J connectivity index is 1.57. The van der Waals surface area contributed by atoms with E-state index in [-0.39, 0.29) is 0 Å². The number of aromatic nitrogens is 2. The van der Waals surface area contributed by atoms with Gasteiger partial charge in [-0.25, -0.2) is 9.97 Å². The van der Waals surface area contributed by atoms with Crippen LogP contribution in [-0.2, 0) is 13.0 Å². The number of piperidine rings is 1. The van der Waals surface area contributed by atoms with Crippen molar-refractivity contribution in [3.05, 3.63) is 47.3 Å². The fraction of sp³-hybridized carbons (Fsp3) is 0.500. The molecule has 0 bridgehead atoms. The van der Waals surface area contributed by atoms with Gasteiger partial charge in [-0.15, -0.1) is 0 Å². The van der Waals surface area contributed by atoms with E-state index < -0.39 is 0 Å². The van der Waals surface area contributed by atoms with E-state index in [1.807, 2.05) is 6.92 Å². The molecule has 1 aliphatic heterocycles. The van der Waals surface area contributed by atoms with Gasteiger partial charge in [0.15, 0.2) is 0 Å². The van der Waals surface area contributed by atoms with Crippen molar-refractivity contribution in [1.29, 1.82) is 0 Å². The van der Waals surface area contributed by atoms with Crippen LogP contribution in [0.5, 0.6) is 0 Å². The largest absolute Gasteiger partial charge is 0.383 e. The molecule has 25 heavy (non-hydrogen) atoms. The van der Waals surface area contributed by atoms with Crippen LogP contribution < -0.4 is 11.1 Å². The summed E-state index contributed by atoms with van der Waals surface area (Å²) < 4.78 is 0. The molecule has 1 aromatic heterocycles. The van der Waals surface area contributed by atoms with Crippen LogP contribution in [-0.4, -0.2) is 34.0 Å². The van der Waals surface area contributed by atoms with Gasteiger partial charge in [0.05, 0.1) is 0 Å². The fourth-order valence-corrected chi connectivity index (χ4v) is 3.33. The van der Waals surface area contributed by atoms with Gasteiger partial charge in [-0.05, 0) is 31.7 Å². The Labute approximate surface area is 150 Å². The molecule has 0 unspecified atom stereocenters. The van der Waals surface area contributed by atoms with Crippen LogP contribution in [0.3, 0.4) is 0 Å². The van der Waals surface area contributed by atoms with Crippen molar-refractivity contribution in [2.45, 2.75) is 52.1 Å². The summed E-state index contributed by atoms with van der Waals surface area (Å²) in [5.74, 6) is 2.36. The van der Waals surface area contributed by atoms with E-state index in [0.717, 1.165) is 62.5 Å². The van der Waals surface area contributed by atoms with Crippen LogP contribution in [0.2, 0.25) is 0 Å². The lowest BCUT2D eigenvalue weighted by atomic mass is 10.0. The van der Waals surface area contributed by atoms with Crippen LogP contribution >= 0.6 is 0 Å². The van der Waals surface area contributed by atoms with E-state index in [0.29, 0.717) is 11.9 Å². The van der Waals surface area contributed by atoms with Crippen molar-refractivity contribution in [2.75, 3.05) is 24.1 Å². The molecule has 1 aromatic carbocycles. The standard InChI is InChI=1S/C20H29N5/c1-3-7-18-23-19(21)15(2)20(24-18)22-17-10-12-25(13-11-17)14-16-8-5-4-6-9-16/h4-6,8-9,17H,3,7,10-14H2,1-2H3,(H3,21,22,23,24). The molecule has 134 valence electrons. The van der Waals surface area contributed by atoms with Crippen molar-refractivity contribution in [3.8, 4) is 0 Å². The average Bonchev–Trinajstić information content (AvgIpc) is 2.62. The summed E-state index contributed by atoms with van der Waals surface area (Å²) in [4.78, 5) is 11.6. The van der Waals surface area contributed by atoms with Crippen molar-refractivity contribution >= 4 is 11.6 Å². The highest BCUT2D eigenvalue weighted by molar-refractivity contribution is 5.55. The molecule has 0 saturated carbocycles. The van der Waals surface area contributed by atoms with Crippen molar-refractivity contribution in [3.63, 3.8) is 0 Å². The zero-order valence-electron chi connectivity index (χ0n) is 15.3. The zero-order valence-corrected chi connectivity index (χ0v) is 15.3. The topological polar surface area (TPSA) is 67.1 Å². The fourth-order valence-electron chi connectivity index (χ4n) is 3.33. The van der Waals surface area contributed by atoms with Gasteiger partial charge in [0.25, 0.3) is 0 Å². The monoisotopic (exact) mass is 339 g/mol. The summed E-state index contributed by atoms with van der Waals surface area (Å²) in [6.07, 6.45) is 4.15. The third-order valence-corrected chi connectivity index (χ3v) is 4.88. The Morgan fingerprint density at radius 2 is 1.88 bits per heavy atom. The molecule has 2 aromatic rings. The number of nitrogens with zero attached hydrogens (tertiary/aromatic N) is 3. The minimum atomic E-state index is 0.453. The second kappa shape index (κ2) is 8.30. The van der Waals surface area contributed by atoms with E-state index in [2.05, 4.69) is 57.4 Å². The van der Waals surface area contributed by atoms with Crippen molar-refractivity contribution in [2.24, 2.45) is 0 Å². The van der Waals surface area contributed by atoms with Crippen LogP contribution in [0.4, 0.5) is 11.6 Å². The summed E-state index contributed by atoms with van der Waals surface area (Å²) in [7, 11) is 0. The highest BCUT2D eigenvalue weighted by atomic mass is 15.2. The molecule has 1 aliphatic rings. The summed E-state index contributed by atoms with van der Waals surface area (Å²) in [6, 6.07) is 11.1. The van der Waals surface area contributed by atoms with Crippen LogP contribution in [0.15, 0.2) is 30.3 Å².